The fraction of sp³-hybridized carbons (Fsp3) is 0.600. The number of aliphatic imine (C=N–C) groups is 1. The number of guanidine groups is 1. The van der Waals surface area contributed by atoms with Gasteiger partial charge in [-0.2, -0.15) is 0 Å². The van der Waals surface area contributed by atoms with Crippen molar-refractivity contribution in [1.29, 1.82) is 0 Å². The molecule has 2 atom stereocenters. The van der Waals surface area contributed by atoms with Gasteiger partial charge >= 0.3 is 6.09 Å². The van der Waals surface area contributed by atoms with Gasteiger partial charge in [0, 0.05) is 19.6 Å². The van der Waals surface area contributed by atoms with Crippen LogP contribution in [0.25, 0.3) is 0 Å². The predicted octanol–water partition coefficient (Wildman–Crippen LogP) is 1.68. The maximum absolute atomic E-state index is 13.4. The third-order valence-corrected chi connectivity index (χ3v) is 5.40. The lowest BCUT2D eigenvalue weighted by atomic mass is 10.1. The monoisotopic (exact) mass is 540 g/mol. The number of carbonyl (C=O) groups excluding carboxylic acids is 3. The third kappa shape index (κ3) is 12.2. The summed E-state index contributed by atoms with van der Waals surface area (Å²) in [7, 11) is 0. The van der Waals surface area contributed by atoms with Crippen LogP contribution >= 0.6 is 12.4 Å². The van der Waals surface area contributed by atoms with E-state index < -0.39 is 23.8 Å². The Balaban J connectivity index is 0.00000684. The topological polar surface area (TPSA) is 161 Å². The molecule has 0 aliphatic carbocycles. The highest BCUT2D eigenvalue weighted by molar-refractivity contribution is 5.92. The Kier molecular flexibility index (Phi) is 13.8. The number of amides is 3. The van der Waals surface area contributed by atoms with Gasteiger partial charge in [-0.05, 0) is 52.0 Å². The summed E-state index contributed by atoms with van der Waals surface area (Å²) < 4.78 is 11.1. The van der Waals surface area contributed by atoms with E-state index in [0.717, 1.165) is 12.0 Å². The minimum absolute atomic E-state index is 0. The molecule has 6 N–H and O–H groups in total. The van der Waals surface area contributed by atoms with E-state index in [1.807, 2.05) is 30.3 Å². The molecule has 1 aliphatic heterocycles. The Morgan fingerprint density at radius 3 is 2.51 bits per heavy atom. The van der Waals surface area contributed by atoms with Gasteiger partial charge in [0.25, 0.3) is 0 Å². The fourth-order valence-electron chi connectivity index (χ4n) is 3.77. The van der Waals surface area contributed by atoms with Gasteiger partial charge in [-0.3, -0.25) is 14.6 Å². The summed E-state index contributed by atoms with van der Waals surface area (Å²) in [6.07, 6.45) is 1.96. The predicted molar refractivity (Wildman–Crippen MR) is 144 cm³/mol. The number of hydrogen-bond donors (Lipinski definition) is 4. The number of rotatable bonds is 12. The van der Waals surface area contributed by atoms with Gasteiger partial charge in [0.05, 0.1) is 13.2 Å². The number of unbranched alkanes of at least 4 members (excludes halogenated alkanes) is 1. The first-order valence-electron chi connectivity index (χ1n) is 12.3. The standard InChI is InChI=1S/C25H40N6O5.ClH/c1-25(2,3)36-24(34)30-19(17-35-16-18-10-5-4-6-11-18)22(33)31-15-9-12-20(31)21(32)28-13-7-8-14-29-23(26)27;/h4-6,10-11,19-20H,7-9,12-17H2,1-3H3,(H,28,32)(H,30,34)(H4,26,27,29);1H/t19-,20+;/m1./s1. The highest BCUT2D eigenvalue weighted by Crippen LogP contribution is 2.19. The smallest absolute Gasteiger partial charge is 0.408 e. The van der Waals surface area contributed by atoms with Crippen molar-refractivity contribution in [2.24, 2.45) is 16.5 Å². The second kappa shape index (κ2) is 15.9. The van der Waals surface area contributed by atoms with Crippen LogP contribution in [0.4, 0.5) is 4.79 Å². The molecule has 1 saturated heterocycles. The molecule has 1 aliphatic rings. The van der Waals surface area contributed by atoms with E-state index in [1.54, 1.807) is 20.8 Å². The highest BCUT2D eigenvalue weighted by atomic mass is 35.5. The number of benzene rings is 1. The zero-order valence-electron chi connectivity index (χ0n) is 21.9. The number of ether oxygens (including phenoxy) is 2. The molecule has 37 heavy (non-hydrogen) atoms. The first-order valence-corrected chi connectivity index (χ1v) is 12.3. The van der Waals surface area contributed by atoms with Gasteiger partial charge in [0.1, 0.15) is 17.7 Å². The van der Waals surface area contributed by atoms with E-state index in [-0.39, 0.29) is 43.4 Å². The van der Waals surface area contributed by atoms with Gasteiger partial charge in [-0.1, -0.05) is 30.3 Å². The minimum Gasteiger partial charge on any atom is -0.444 e. The first kappa shape index (κ1) is 32.0. The lowest BCUT2D eigenvalue weighted by Gasteiger charge is -2.29. The minimum atomic E-state index is -0.989. The fourth-order valence-corrected chi connectivity index (χ4v) is 3.77. The molecule has 1 heterocycles. The molecule has 0 spiro atoms. The van der Waals surface area contributed by atoms with Crippen LogP contribution in [-0.4, -0.2) is 72.7 Å². The maximum Gasteiger partial charge on any atom is 0.408 e. The van der Waals surface area contributed by atoms with Gasteiger partial charge in [-0.25, -0.2) is 4.79 Å². The van der Waals surface area contributed by atoms with E-state index in [2.05, 4.69) is 15.6 Å². The Morgan fingerprint density at radius 1 is 1.16 bits per heavy atom. The number of nitrogens with zero attached hydrogens (tertiary/aromatic N) is 2. The average Bonchev–Trinajstić information content (AvgIpc) is 3.29. The van der Waals surface area contributed by atoms with Crippen molar-refractivity contribution < 1.29 is 23.9 Å². The molecule has 0 radical (unpaired) electrons. The summed E-state index contributed by atoms with van der Waals surface area (Å²) in [4.78, 5) is 44.1. The molecule has 0 bridgehead atoms. The van der Waals surface area contributed by atoms with Crippen LogP contribution in [0.3, 0.4) is 0 Å². The van der Waals surface area contributed by atoms with E-state index in [9.17, 15) is 14.4 Å². The second-order valence-electron chi connectivity index (χ2n) is 9.69. The summed E-state index contributed by atoms with van der Waals surface area (Å²) in [5.41, 5.74) is 10.8. The summed E-state index contributed by atoms with van der Waals surface area (Å²) in [6, 6.07) is 7.93. The SMILES string of the molecule is CC(C)(C)OC(=O)N[C@H](COCc1ccccc1)C(=O)N1CCC[C@H]1C(=O)NCCCCN=C(N)N.Cl. The van der Waals surface area contributed by atoms with E-state index in [1.165, 1.54) is 4.90 Å². The number of nitrogens with two attached hydrogens (primary N) is 2. The lowest BCUT2D eigenvalue weighted by Crippen LogP contribution is -2.55. The van der Waals surface area contributed by atoms with Crippen LogP contribution in [0.5, 0.6) is 0 Å². The van der Waals surface area contributed by atoms with E-state index in [0.29, 0.717) is 38.9 Å². The lowest BCUT2D eigenvalue weighted by molar-refractivity contribution is -0.141. The van der Waals surface area contributed by atoms with Crippen LogP contribution in [0, 0.1) is 0 Å². The Labute approximate surface area is 225 Å². The number of hydrogen-bond acceptors (Lipinski definition) is 6. The zero-order valence-corrected chi connectivity index (χ0v) is 22.7. The molecule has 0 unspecified atom stereocenters. The Hall–Kier alpha value is -3.05. The Bertz CT molecular complexity index is 889. The zero-order chi connectivity index (χ0) is 26.6. The summed E-state index contributed by atoms with van der Waals surface area (Å²) in [5, 5.41) is 5.52. The van der Waals surface area contributed by atoms with Crippen molar-refractivity contribution in [2.45, 2.75) is 70.7 Å². The molecular weight excluding hydrogens is 500 g/mol. The quantitative estimate of drug-likeness (QED) is 0.178. The van der Waals surface area contributed by atoms with Gasteiger partial charge in [0.15, 0.2) is 5.96 Å². The Morgan fingerprint density at radius 2 is 1.86 bits per heavy atom. The van der Waals surface area contributed by atoms with Gasteiger partial charge in [0.2, 0.25) is 11.8 Å². The first-order chi connectivity index (χ1) is 17.1. The molecule has 208 valence electrons. The van der Waals surface area contributed by atoms with E-state index in [4.69, 9.17) is 20.9 Å². The van der Waals surface area contributed by atoms with Crippen molar-refractivity contribution in [3.05, 3.63) is 35.9 Å². The third-order valence-electron chi connectivity index (χ3n) is 5.40. The average molecular weight is 541 g/mol. The maximum atomic E-state index is 13.4. The number of carbonyl (C=O) groups is 3. The molecule has 1 fully saturated rings. The van der Waals surface area contributed by atoms with E-state index >= 15 is 0 Å². The van der Waals surface area contributed by atoms with Crippen LogP contribution in [0.15, 0.2) is 35.3 Å². The number of alkyl carbamates (subject to hydrolysis) is 1. The largest absolute Gasteiger partial charge is 0.444 e. The molecule has 0 saturated carbocycles. The van der Waals surface area contributed by atoms with Gasteiger partial charge in [-0.15, -0.1) is 12.4 Å². The summed E-state index contributed by atoms with van der Waals surface area (Å²) in [6.45, 7) is 6.83. The number of halogens is 1. The molecular formula is C25H41ClN6O5. The van der Waals surface area contributed by atoms with Crippen molar-refractivity contribution in [1.82, 2.24) is 15.5 Å². The van der Waals surface area contributed by atoms with Crippen molar-refractivity contribution in [3.8, 4) is 0 Å². The molecule has 0 aromatic heterocycles. The normalized spacial score (nSPS) is 15.8. The van der Waals surface area contributed by atoms with Crippen LogP contribution in [-0.2, 0) is 25.7 Å². The molecule has 12 heteroatoms. The van der Waals surface area contributed by atoms with Crippen molar-refractivity contribution in [2.75, 3.05) is 26.2 Å². The summed E-state index contributed by atoms with van der Waals surface area (Å²) >= 11 is 0. The van der Waals surface area contributed by atoms with Gasteiger partial charge < -0.3 is 36.5 Å². The molecule has 2 rings (SSSR count). The van der Waals surface area contributed by atoms with Crippen molar-refractivity contribution in [3.63, 3.8) is 0 Å². The summed E-state index contributed by atoms with van der Waals surface area (Å²) in [5.74, 6) is -0.551. The number of likely N-dealkylation sites (tertiary alicyclic amines) is 1. The van der Waals surface area contributed by atoms with Crippen LogP contribution in [0.1, 0.15) is 52.0 Å². The van der Waals surface area contributed by atoms with Crippen LogP contribution in [0.2, 0.25) is 0 Å². The molecule has 1 aromatic carbocycles. The second-order valence-corrected chi connectivity index (χ2v) is 9.69. The van der Waals surface area contributed by atoms with Crippen LogP contribution < -0.4 is 22.1 Å². The number of nitrogens with one attached hydrogen (secondary N) is 2. The highest BCUT2D eigenvalue weighted by Gasteiger charge is 2.38. The van der Waals surface area contributed by atoms with Crippen molar-refractivity contribution >= 4 is 36.3 Å². The molecule has 3 amide bonds. The molecule has 1 aromatic rings. The molecule has 11 nitrogen and oxygen atoms in total.